The lowest BCUT2D eigenvalue weighted by molar-refractivity contribution is -0.126. The SMILES string of the molecule is O=C(NCc1ccc(F)cc1)[C@H]1CC(=O)N(c2n[nH]c3ccccc23)C1. The molecule has 0 unspecified atom stereocenters. The van der Waals surface area contributed by atoms with E-state index in [-0.39, 0.29) is 24.1 Å². The molecule has 132 valence electrons. The molecule has 26 heavy (non-hydrogen) atoms. The number of amides is 2. The maximum atomic E-state index is 12.9. The first-order chi connectivity index (χ1) is 12.6. The van der Waals surface area contributed by atoms with Gasteiger partial charge < -0.3 is 5.32 Å². The molecule has 1 fully saturated rings. The van der Waals surface area contributed by atoms with Crippen molar-refractivity contribution in [2.75, 3.05) is 11.4 Å². The number of anilines is 1. The number of nitrogens with one attached hydrogen (secondary N) is 2. The minimum absolute atomic E-state index is 0.121. The van der Waals surface area contributed by atoms with E-state index >= 15 is 0 Å². The summed E-state index contributed by atoms with van der Waals surface area (Å²) in [7, 11) is 0. The van der Waals surface area contributed by atoms with E-state index in [0.717, 1.165) is 16.5 Å². The maximum absolute atomic E-state index is 12.9. The zero-order valence-electron chi connectivity index (χ0n) is 13.9. The van der Waals surface area contributed by atoms with Gasteiger partial charge in [0.15, 0.2) is 5.82 Å². The fraction of sp³-hybridized carbons (Fsp3) is 0.211. The van der Waals surface area contributed by atoms with E-state index in [1.54, 1.807) is 17.0 Å². The standard InChI is InChI=1S/C19H17FN4O2/c20-14-7-5-12(6-8-14)10-21-19(26)13-9-17(25)24(11-13)18-15-3-1-2-4-16(15)22-23-18/h1-8,13H,9-11H2,(H,21,26)(H,22,23)/t13-/m0/s1. The highest BCUT2D eigenvalue weighted by Crippen LogP contribution is 2.29. The number of carbonyl (C=O) groups excluding carboxylic acids is 2. The van der Waals surface area contributed by atoms with E-state index in [2.05, 4.69) is 15.5 Å². The van der Waals surface area contributed by atoms with E-state index in [0.29, 0.717) is 18.9 Å². The highest BCUT2D eigenvalue weighted by Gasteiger charge is 2.36. The summed E-state index contributed by atoms with van der Waals surface area (Å²) in [5.74, 6) is -0.504. The fourth-order valence-corrected chi connectivity index (χ4v) is 3.18. The van der Waals surface area contributed by atoms with Crippen molar-refractivity contribution in [3.05, 3.63) is 59.9 Å². The van der Waals surface area contributed by atoms with Crippen molar-refractivity contribution in [2.24, 2.45) is 5.92 Å². The van der Waals surface area contributed by atoms with Crippen LogP contribution < -0.4 is 10.2 Å². The van der Waals surface area contributed by atoms with E-state index in [4.69, 9.17) is 0 Å². The third kappa shape index (κ3) is 3.03. The quantitative estimate of drug-likeness (QED) is 0.757. The first-order valence-corrected chi connectivity index (χ1v) is 8.37. The summed E-state index contributed by atoms with van der Waals surface area (Å²) in [5.41, 5.74) is 1.65. The van der Waals surface area contributed by atoms with Crippen molar-refractivity contribution in [3.63, 3.8) is 0 Å². The lowest BCUT2D eigenvalue weighted by Gasteiger charge is -2.14. The van der Waals surface area contributed by atoms with Crippen LogP contribution in [-0.4, -0.2) is 28.6 Å². The molecule has 1 aliphatic heterocycles. The number of rotatable bonds is 4. The van der Waals surface area contributed by atoms with Crippen molar-refractivity contribution in [3.8, 4) is 0 Å². The second kappa shape index (κ2) is 6.59. The fourth-order valence-electron chi connectivity index (χ4n) is 3.18. The highest BCUT2D eigenvalue weighted by atomic mass is 19.1. The van der Waals surface area contributed by atoms with E-state index in [9.17, 15) is 14.0 Å². The highest BCUT2D eigenvalue weighted by molar-refractivity contribution is 6.05. The molecule has 1 aromatic heterocycles. The van der Waals surface area contributed by atoms with Crippen LogP contribution in [0, 0.1) is 11.7 Å². The van der Waals surface area contributed by atoms with Crippen LogP contribution in [0.25, 0.3) is 10.9 Å². The van der Waals surface area contributed by atoms with Gasteiger partial charge in [0.05, 0.1) is 11.4 Å². The largest absolute Gasteiger partial charge is 0.352 e. The van der Waals surface area contributed by atoms with Gasteiger partial charge in [-0.1, -0.05) is 24.3 Å². The number of aromatic nitrogens is 2. The summed E-state index contributed by atoms with van der Waals surface area (Å²) in [6, 6.07) is 13.5. The molecule has 1 aliphatic rings. The van der Waals surface area contributed by atoms with E-state index in [1.165, 1.54) is 12.1 Å². The number of hydrogen-bond donors (Lipinski definition) is 2. The number of aromatic amines is 1. The molecule has 0 spiro atoms. The molecule has 4 rings (SSSR count). The first-order valence-electron chi connectivity index (χ1n) is 8.37. The Morgan fingerprint density at radius 2 is 2.00 bits per heavy atom. The summed E-state index contributed by atoms with van der Waals surface area (Å²) in [4.78, 5) is 26.4. The van der Waals surface area contributed by atoms with Gasteiger partial charge in [0.1, 0.15) is 5.82 Å². The molecule has 1 saturated heterocycles. The van der Waals surface area contributed by atoms with Crippen LogP contribution in [0.5, 0.6) is 0 Å². The number of hydrogen-bond acceptors (Lipinski definition) is 3. The third-order valence-corrected chi connectivity index (χ3v) is 4.58. The van der Waals surface area contributed by atoms with Crippen LogP contribution in [0.15, 0.2) is 48.5 Å². The summed E-state index contributed by atoms with van der Waals surface area (Å²) in [6.07, 6.45) is 0.149. The van der Waals surface area contributed by atoms with Crippen LogP contribution in [0.2, 0.25) is 0 Å². The number of nitrogens with zero attached hydrogens (tertiary/aromatic N) is 2. The van der Waals surface area contributed by atoms with E-state index < -0.39 is 5.92 Å². The van der Waals surface area contributed by atoms with Gasteiger partial charge in [-0.25, -0.2) is 4.39 Å². The first kappa shape index (κ1) is 16.3. The second-order valence-corrected chi connectivity index (χ2v) is 6.34. The predicted octanol–water partition coefficient (Wildman–Crippen LogP) is 2.37. The van der Waals surface area contributed by atoms with Gasteiger partial charge >= 0.3 is 0 Å². The molecule has 2 N–H and O–H groups in total. The Labute approximate surface area is 149 Å². The predicted molar refractivity (Wildman–Crippen MR) is 94.8 cm³/mol. The Kier molecular flexibility index (Phi) is 4.12. The van der Waals surface area contributed by atoms with Crippen molar-refractivity contribution in [2.45, 2.75) is 13.0 Å². The molecule has 7 heteroatoms. The van der Waals surface area contributed by atoms with Gasteiger partial charge in [0.2, 0.25) is 11.8 Å². The zero-order valence-corrected chi connectivity index (χ0v) is 13.9. The molecule has 0 aliphatic carbocycles. The smallest absolute Gasteiger partial charge is 0.229 e. The Bertz CT molecular complexity index is 967. The molecule has 0 saturated carbocycles. The average molecular weight is 352 g/mol. The monoisotopic (exact) mass is 352 g/mol. The Balaban J connectivity index is 1.44. The minimum atomic E-state index is -0.432. The maximum Gasteiger partial charge on any atom is 0.229 e. The van der Waals surface area contributed by atoms with Crippen molar-refractivity contribution >= 4 is 28.5 Å². The third-order valence-electron chi connectivity index (χ3n) is 4.58. The molecule has 2 amide bonds. The Morgan fingerprint density at radius 3 is 2.81 bits per heavy atom. The van der Waals surface area contributed by atoms with Crippen LogP contribution in [0.1, 0.15) is 12.0 Å². The van der Waals surface area contributed by atoms with Gasteiger partial charge in [0.25, 0.3) is 0 Å². The second-order valence-electron chi connectivity index (χ2n) is 6.34. The van der Waals surface area contributed by atoms with Gasteiger partial charge in [0, 0.05) is 24.9 Å². The summed E-state index contributed by atoms with van der Waals surface area (Å²) < 4.78 is 12.9. The molecule has 0 bridgehead atoms. The Morgan fingerprint density at radius 1 is 1.23 bits per heavy atom. The van der Waals surface area contributed by atoms with Crippen molar-refractivity contribution < 1.29 is 14.0 Å². The number of H-pyrrole nitrogens is 1. The lowest BCUT2D eigenvalue weighted by Crippen LogP contribution is -2.32. The number of benzene rings is 2. The normalized spacial score (nSPS) is 17.0. The molecular weight excluding hydrogens is 335 g/mol. The molecule has 2 heterocycles. The molecule has 6 nitrogen and oxygen atoms in total. The average Bonchev–Trinajstić information content (AvgIpc) is 3.24. The number of carbonyl (C=O) groups is 2. The van der Waals surface area contributed by atoms with E-state index in [1.807, 2.05) is 24.3 Å². The zero-order chi connectivity index (χ0) is 18.1. The minimum Gasteiger partial charge on any atom is -0.352 e. The van der Waals surface area contributed by atoms with Crippen LogP contribution in [-0.2, 0) is 16.1 Å². The molecular formula is C19H17FN4O2. The summed E-state index contributed by atoms with van der Waals surface area (Å²) >= 11 is 0. The van der Waals surface area contributed by atoms with Gasteiger partial charge in [-0.3, -0.25) is 19.6 Å². The van der Waals surface area contributed by atoms with Gasteiger partial charge in [-0.05, 0) is 29.8 Å². The number of para-hydroxylation sites is 1. The van der Waals surface area contributed by atoms with Gasteiger partial charge in [-0.15, -0.1) is 0 Å². The number of fused-ring (bicyclic) bond motifs is 1. The van der Waals surface area contributed by atoms with Crippen molar-refractivity contribution in [1.29, 1.82) is 0 Å². The van der Waals surface area contributed by atoms with Crippen LogP contribution in [0.3, 0.4) is 0 Å². The van der Waals surface area contributed by atoms with Gasteiger partial charge in [-0.2, -0.15) is 5.10 Å². The summed E-state index contributed by atoms with van der Waals surface area (Å²) in [6.45, 7) is 0.595. The molecule has 2 aromatic carbocycles. The summed E-state index contributed by atoms with van der Waals surface area (Å²) in [5, 5.41) is 10.8. The Hall–Kier alpha value is -3.22. The van der Waals surface area contributed by atoms with Crippen molar-refractivity contribution in [1.82, 2.24) is 15.5 Å². The van der Waals surface area contributed by atoms with Crippen LogP contribution >= 0.6 is 0 Å². The van der Waals surface area contributed by atoms with Crippen LogP contribution in [0.4, 0.5) is 10.2 Å². The molecule has 0 radical (unpaired) electrons. The topological polar surface area (TPSA) is 78.1 Å². The molecule has 1 atom stereocenters. The lowest BCUT2D eigenvalue weighted by atomic mass is 10.1. The number of halogens is 1. The molecule has 3 aromatic rings.